The van der Waals surface area contributed by atoms with Crippen LogP contribution in [-0.2, 0) is 0 Å². The van der Waals surface area contributed by atoms with Crippen LogP contribution in [0.1, 0.15) is 0 Å². The zero-order valence-corrected chi connectivity index (χ0v) is 2.23. The summed E-state index contributed by atoms with van der Waals surface area (Å²) in [7, 11) is 0. The molecule has 0 aromatic rings. The van der Waals surface area contributed by atoms with Gasteiger partial charge in [0.1, 0.15) is 0 Å². The molecule has 0 aliphatic carbocycles. The highest BCUT2D eigenvalue weighted by Gasteiger charge is 1.38. The lowest BCUT2D eigenvalue weighted by molar-refractivity contribution is -0.103. The van der Waals surface area contributed by atoms with Crippen LogP contribution in [0.15, 0.2) is 0 Å². The Balaban J connectivity index is 2.92. The van der Waals surface area contributed by atoms with Gasteiger partial charge in [-0.2, -0.15) is 0 Å². The van der Waals surface area contributed by atoms with Gasteiger partial charge >= 0.3 is 0 Å². The van der Waals surface area contributed by atoms with Gasteiger partial charge in [0.25, 0.3) is 0 Å². The first-order valence-electron chi connectivity index (χ1n) is 0.911. The topological polar surface area (TPSA) is 25.6 Å². The lowest BCUT2D eigenvalue weighted by Gasteiger charge is -1.28. The highest BCUT2D eigenvalue weighted by molar-refractivity contribution is 5.71. The van der Waals surface area contributed by atoms with Gasteiger partial charge < -0.3 is 0 Å². The lowest BCUT2D eigenvalue weighted by Crippen LogP contribution is -2.28. The summed E-state index contributed by atoms with van der Waals surface area (Å²) >= 11 is 0. The number of nitrogens with two attached hydrogens (primary N) is 1. The van der Waals surface area contributed by atoms with Gasteiger partial charge in [0.15, 0.2) is 0 Å². The second-order valence-corrected chi connectivity index (χ2v) is 0.333. The summed E-state index contributed by atoms with van der Waals surface area (Å²) < 4.78 is 0. The van der Waals surface area contributed by atoms with Gasteiger partial charge in [0.2, 0.25) is 6.21 Å². The Morgan fingerprint density at radius 3 is 2.25 bits per heavy atom. The Labute approximate surface area is 25.2 Å². The fraction of sp³-hybridized carbons (Fsp3) is 0. The van der Waals surface area contributed by atoms with Crippen LogP contribution in [0.4, 0.5) is 0 Å². The summed E-state index contributed by atoms with van der Waals surface area (Å²) in [5, 5.41) is 4.67. The molecule has 0 spiro atoms. The Morgan fingerprint density at radius 2 is 2.25 bits per heavy atom. The minimum Gasteiger partial charge on any atom is -0.253 e. The standard InChI is InChI=1S/C3H3N/c1-2-3-4/h1,3-4H/p+1/i1+1,2+1,3+1. The molecule has 0 aliphatic rings. The molecule has 1 nitrogen and oxygen atoms in total. The zero-order valence-electron chi connectivity index (χ0n) is 2.23. The Kier molecular flexibility index (Phi) is 1.80. The second kappa shape index (κ2) is 2.23. The third kappa shape index (κ3) is 1.23. The molecule has 0 rings (SSSR count). The lowest BCUT2D eigenvalue weighted by atomic mass is 11.8. The number of hydrogen-bond acceptors (Lipinski definition) is 0. The summed E-state index contributed by atoms with van der Waals surface area (Å²) in [4.78, 5) is 0. The number of hydrogen-bond donors (Lipinski definition) is 1. The van der Waals surface area contributed by atoms with Crippen molar-refractivity contribution in [3.8, 4) is 12.3 Å². The fourth-order valence-electron chi connectivity index (χ4n) is 0. The van der Waals surface area contributed by atoms with Crippen LogP contribution >= 0.6 is 0 Å². The van der Waals surface area contributed by atoms with Crippen molar-refractivity contribution in [2.24, 2.45) is 0 Å². The summed E-state index contributed by atoms with van der Waals surface area (Å²) in [6.45, 7) is 0. The Hall–Kier alpha value is -0.770. The first-order chi connectivity index (χ1) is 1.91. The van der Waals surface area contributed by atoms with E-state index in [-0.39, 0.29) is 0 Å². The van der Waals surface area contributed by atoms with Gasteiger partial charge in [0, 0.05) is 0 Å². The van der Waals surface area contributed by atoms with Crippen molar-refractivity contribution < 1.29 is 5.41 Å². The smallest absolute Gasteiger partial charge is 0.211 e. The van der Waals surface area contributed by atoms with Crippen LogP contribution in [0.25, 0.3) is 0 Å². The van der Waals surface area contributed by atoms with E-state index in [0.717, 1.165) is 6.21 Å². The Bertz CT molecular complexity index is 48.8. The molecule has 0 aromatic heterocycles. The van der Waals surface area contributed by atoms with Crippen molar-refractivity contribution in [3.05, 3.63) is 0 Å². The average Bonchev–Trinajstić information content (AvgIpc) is 1.37. The third-order valence-electron chi connectivity index (χ3n) is 0.0962. The normalized spacial score (nSPS) is 3.75. The summed E-state index contributed by atoms with van der Waals surface area (Å²) in [6.07, 6.45) is 5.75. The third-order valence-corrected chi connectivity index (χ3v) is 0.0962. The highest BCUT2D eigenvalue weighted by Crippen LogP contribution is 1.12. The molecular formula is C3H4N+. The Morgan fingerprint density at radius 1 is 2.00 bits per heavy atom. The van der Waals surface area contributed by atoms with E-state index in [4.69, 9.17) is 0 Å². The first-order valence-corrected chi connectivity index (χ1v) is 0.911. The molecule has 0 saturated heterocycles. The highest BCUT2D eigenvalue weighted by atomic mass is 14.6. The summed E-state index contributed by atoms with van der Waals surface area (Å²) in [6, 6.07) is 0. The second-order valence-electron chi connectivity index (χ2n) is 0.333. The van der Waals surface area contributed by atoms with E-state index in [9.17, 15) is 0 Å². The van der Waals surface area contributed by atoms with Crippen LogP contribution in [0.5, 0.6) is 0 Å². The van der Waals surface area contributed by atoms with Gasteiger partial charge in [-0.05, 0) is 5.92 Å². The zero-order chi connectivity index (χ0) is 3.41. The molecule has 0 amide bonds. The quantitative estimate of drug-likeness (QED) is 0.198. The predicted octanol–water partition coefficient (Wildman–Crippen LogP) is -1.55. The molecule has 4 heavy (non-hydrogen) atoms. The molecule has 1 heteroatoms. The van der Waals surface area contributed by atoms with Crippen molar-refractivity contribution in [3.63, 3.8) is 0 Å². The molecule has 0 aliphatic heterocycles. The van der Waals surface area contributed by atoms with E-state index in [1.165, 1.54) is 0 Å². The van der Waals surface area contributed by atoms with Gasteiger partial charge in [0.05, 0.1) is 0 Å². The van der Waals surface area contributed by atoms with Crippen LogP contribution < -0.4 is 5.41 Å². The molecular weight excluding hydrogens is 53.0 g/mol. The van der Waals surface area contributed by atoms with Gasteiger partial charge in [-0.25, -0.2) is 0 Å². The van der Waals surface area contributed by atoms with Crippen molar-refractivity contribution in [2.75, 3.05) is 0 Å². The van der Waals surface area contributed by atoms with Crippen LogP contribution in [0, 0.1) is 12.3 Å². The fourth-order valence-corrected chi connectivity index (χ4v) is 0. The van der Waals surface area contributed by atoms with Crippen molar-refractivity contribution >= 4 is 6.21 Å². The maximum atomic E-state index is 4.67. The average molecular weight is 57.0 g/mol. The van der Waals surface area contributed by atoms with Gasteiger partial charge in [-0.1, -0.05) is 0 Å². The van der Waals surface area contributed by atoms with Gasteiger partial charge in [-0.15, -0.1) is 6.42 Å². The molecule has 0 unspecified atom stereocenters. The van der Waals surface area contributed by atoms with E-state index in [0.29, 0.717) is 0 Å². The molecule has 0 radical (unpaired) electrons. The molecule has 20 valence electrons. The van der Waals surface area contributed by atoms with E-state index in [1.54, 1.807) is 0 Å². The molecule has 2 N–H and O–H groups in total. The van der Waals surface area contributed by atoms with Crippen LogP contribution in [0.2, 0.25) is 0 Å². The number of rotatable bonds is 0. The number of terminal acetylenes is 1. The summed E-state index contributed by atoms with van der Waals surface area (Å²) in [5.41, 5.74) is 0. The molecule has 0 atom stereocenters. The van der Waals surface area contributed by atoms with Crippen LogP contribution in [-0.4, -0.2) is 6.21 Å². The van der Waals surface area contributed by atoms with E-state index >= 15 is 0 Å². The monoisotopic (exact) mass is 57.0 g/mol. The van der Waals surface area contributed by atoms with Crippen molar-refractivity contribution in [1.29, 1.82) is 0 Å². The predicted molar refractivity (Wildman–Crippen MR) is 16.8 cm³/mol. The maximum absolute atomic E-state index is 4.67. The van der Waals surface area contributed by atoms with E-state index in [1.807, 2.05) is 0 Å². The van der Waals surface area contributed by atoms with Gasteiger partial charge in [-0.3, -0.25) is 5.41 Å². The van der Waals surface area contributed by atoms with E-state index < -0.39 is 0 Å². The largest absolute Gasteiger partial charge is 0.253 e. The molecule has 0 saturated carbocycles. The minimum atomic E-state index is 1.15. The van der Waals surface area contributed by atoms with Crippen molar-refractivity contribution in [1.82, 2.24) is 0 Å². The van der Waals surface area contributed by atoms with Crippen LogP contribution in [0.3, 0.4) is 0 Å². The maximum Gasteiger partial charge on any atom is 0.211 e. The molecule has 0 aromatic carbocycles. The first kappa shape index (κ1) is 3.23. The van der Waals surface area contributed by atoms with Crippen molar-refractivity contribution in [2.45, 2.75) is 0 Å². The molecule has 0 fully saturated rings. The van der Waals surface area contributed by atoms with E-state index in [2.05, 4.69) is 17.8 Å². The molecule has 0 bridgehead atoms. The minimum absolute atomic E-state index is 1.15. The summed E-state index contributed by atoms with van der Waals surface area (Å²) in [5.74, 6) is 2.08. The molecule has 0 heterocycles. The SMILES string of the molecule is [13CH]#[13C][13CH]=[NH2+].